The third-order valence-electron chi connectivity index (χ3n) is 2.58. The predicted octanol–water partition coefficient (Wildman–Crippen LogP) is 0.833. The Kier molecular flexibility index (Phi) is 6.13. The minimum absolute atomic E-state index is 0.124. The average Bonchev–Trinajstić information content (AvgIpc) is 2.44. The Morgan fingerprint density at radius 3 is 2.62 bits per heavy atom. The summed E-state index contributed by atoms with van der Waals surface area (Å²) in [7, 11) is -3.89. The maximum absolute atomic E-state index is 12.0. The number of carboxylic acid groups (broad SMARTS) is 1. The molecule has 1 aromatic carbocycles. The standard InChI is InChI=1S/C13H19NO6S/c1-3-6-20-12-5-4-10(7-11(12)13(16)17)21(18,19)14-9(2)8-15/h4-5,7,9,14-15H,3,6,8H2,1-2H3,(H,16,17)/t9-/m0/s1. The van der Waals surface area contributed by atoms with Gasteiger partial charge in [-0.2, -0.15) is 0 Å². The van der Waals surface area contributed by atoms with Crippen molar-refractivity contribution in [2.24, 2.45) is 0 Å². The molecule has 0 saturated carbocycles. The van der Waals surface area contributed by atoms with E-state index in [-0.39, 0.29) is 22.8 Å². The number of aromatic carboxylic acids is 1. The van der Waals surface area contributed by atoms with Gasteiger partial charge >= 0.3 is 5.97 Å². The molecule has 0 spiro atoms. The summed E-state index contributed by atoms with van der Waals surface area (Å²) in [5.41, 5.74) is -0.219. The van der Waals surface area contributed by atoms with Crippen LogP contribution in [0.5, 0.6) is 5.75 Å². The van der Waals surface area contributed by atoms with Gasteiger partial charge in [-0.3, -0.25) is 0 Å². The van der Waals surface area contributed by atoms with E-state index in [1.54, 1.807) is 0 Å². The highest BCUT2D eigenvalue weighted by molar-refractivity contribution is 7.89. The molecule has 7 nitrogen and oxygen atoms in total. The predicted molar refractivity (Wildman–Crippen MR) is 76.1 cm³/mol. The largest absolute Gasteiger partial charge is 0.493 e. The summed E-state index contributed by atoms with van der Waals surface area (Å²) in [4.78, 5) is 11.0. The number of nitrogens with one attached hydrogen (secondary N) is 1. The topological polar surface area (TPSA) is 113 Å². The van der Waals surface area contributed by atoms with Crippen molar-refractivity contribution in [3.63, 3.8) is 0 Å². The number of aliphatic hydroxyl groups is 1. The first-order chi connectivity index (χ1) is 9.81. The second-order valence-electron chi connectivity index (χ2n) is 4.52. The number of aliphatic hydroxyl groups excluding tert-OH is 1. The fourth-order valence-electron chi connectivity index (χ4n) is 1.55. The van der Waals surface area contributed by atoms with Gasteiger partial charge in [-0.05, 0) is 31.5 Å². The zero-order valence-electron chi connectivity index (χ0n) is 11.9. The number of hydrogen-bond acceptors (Lipinski definition) is 5. The minimum atomic E-state index is -3.89. The molecule has 3 N–H and O–H groups in total. The second kappa shape index (κ2) is 7.39. The summed E-state index contributed by atoms with van der Waals surface area (Å²) in [5, 5.41) is 18.0. The highest BCUT2D eigenvalue weighted by Crippen LogP contribution is 2.23. The average molecular weight is 317 g/mol. The molecule has 0 aliphatic carbocycles. The number of benzene rings is 1. The molecular formula is C13H19NO6S. The van der Waals surface area contributed by atoms with Crippen LogP contribution in [0.4, 0.5) is 0 Å². The molecule has 0 saturated heterocycles. The van der Waals surface area contributed by atoms with Crippen molar-refractivity contribution >= 4 is 16.0 Å². The molecule has 0 heterocycles. The molecule has 0 aliphatic rings. The third-order valence-corrected chi connectivity index (χ3v) is 4.17. The molecule has 1 rings (SSSR count). The highest BCUT2D eigenvalue weighted by atomic mass is 32.2. The molecule has 0 fully saturated rings. The van der Waals surface area contributed by atoms with Crippen molar-refractivity contribution in [2.75, 3.05) is 13.2 Å². The third kappa shape index (κ3) is 4.69. The zero-order chi connectivity index (χ0) is 16.0. The van der Waals surface area contributed by atoms with Crippen molar-refractivity contribution in [3.8, 4) is 5.75 Å². The van der Waals surface area contributed by atoms with Crippen LogP contribution in [0.25, 0.3) is 0 Å². The van der Waals surface area contributed by atoms with Crippen LogP contribution in [0.1, 0.15) is 30.6 Å². The van der Waals surface area contributed by atoms with Gasteiger partial charge in [-0.25, -0.2) is 17.9 Å². The van der Waals surface area contributed by atoms with Crippen molar-refractivity contribution in [1.82, 2.24) is 4.72 Å². The lowest BCUT2D eigenvalue weighted by atomic mass is 10.2. The van der Waals surface area contributed by atoms with E-state index < -0.39 is 22.0 Å². The number of carbonyl (C=O) groups is 1. The SMILES string of the molecule is CCCOc1ccc(S(=O)(=O)N[C@@H](C)CO)cc1C(=O)O. The Balaban J connectivity index is 3.16. The van der Waals surface area contributed by atoms with Gasteiger partial charge in [-0.15, -0.1) is 0 Å². The molecule has 0 amide bonds. The minimum Gasteiger partial charge on any atom is -0.493 e. The van der Waals surface area contributed by atoms with Gasteiger partial charge in [0.05, 0.1) is 18.1 Å². The molecule has 0 aromatic heterocycles. The van der Waals surface area contributed by atoms with Crippen LogP contribution in [0.3, 0.4) is 0 Å². The van der Waals surface area contributed by atoms with Crippen LogP contribution >= 0.6 is 0 Å². The van der Waals surface area contributed by atoms with E-state index in [1.807, 2.05) is 6.92 Å². The second-order valence-corrected chi connectivity index (χ2v) is 6.23. The molecule has 1 aromatic rings. The summed E-state index contributed by atoms with van der Waals surface area (Å²) < 4.78 is 31.6. The summed E-state index contributed by atoms with van der Waals surface area (Å²) in [6.45, 7) is 3.35. The Morgan fingerprint density at radius 2 is 2.10 bits per heavy atom. The lowest BCUT2D eigenvalue weighted by Crippen LogP contribution is -2.35. The Labute approximate surface area is 123 Å². The van der Waals surface area contributed by atoms with Gasteiger partial charge in [0.2, 0.25) is 10.0 Å². The van der Waals surface area contributed by atoms with E-state index in [2.05, 4.69) is 4.72 Å². The quantitative estimate of drug-likeness (QED) is 0.654. The van der Waals surface area contributed by atoms with E-state index in [9.17, 15) is 13.2 Å². The number of sulfonamides is 1. The smallest absolute Gasteiger partial charge is 0.339 e. The molecule has 1 atom stereocenters. The first kappa shape index (κ1) is 17.4. The number of ether oxygens (including phenoxy) is 1. The van der Waals surface area contributed by atoms with Crippen molar-refractivity contribution in [3.05, 3.63) is 23.8 Å². The van der Waals surface area contributed by atoms with Gasteiger partial charge in [0.15, 0.2) is 0 Å². The van der Waals surface area contributed by atoms with Crippen LogP contribution in [0.2, 0.25) is 0 Å². The summed E-state index contributed by atoms with van der Waals surface area (Å²) in [6.07, 6.45) is 0.703. The van der Waals surface area contributed by atoms with E-state index >= 15 is 0 Å². The Morgan fingerprint density at radius 1 is 1.43 bits per heavy atom. The Hall–Kier alpha value is -1.64. The zero-order valence-corrected chi connectivity index (χ0v) is 12.7. The van der Waals surface area contributed by atoms with Gasteiger partial charge < -0.3 is 14.9 Å². The fraction of sp³-hybridized carbons (Fsp3) is 0.462. The number of rotatable bonds is 8. The van der Waals surface area contributed by atoms with Crippen molar-refractivity contribution in [1.29, 1.82) is 0 Å². The molecule has 0 aliphatic heterocycles. The van der Waals surface area contributed by atoms with Gasteiger partial charge in [0.25, 0.3) is 0 Å². The molecule has 0 radical (unpaired) electrons. The monoisotopic (exact) mass is 317 g/mol. The molecular weight excluding hydrogens is 298 g/mol. The normalized spacial score (nSPS) is 12.9. The summed E-state index contributed by atoms with van der Waals surface area (Å²) in [5.74, 6) is -1.15. The highest BCUT2D eigenvalue weighted by Gasteiger charge is 2.21. The van der Waals surface area contributed by atoms with Crippen molar-refractivity contribution in [2.45, 2.75) is 31.2 Å². The summed E-state index contributed by atoms with van der Waals surface area (Å²) >= 11 is 0. The van der Waals surface area contributed by atoms with Crippen LogP contribution in [-0.2, 0) is 10.0 Å². The lowest BCUT2D eigenvalue weighted by molar-refractivity contribution is 0.0692. The Bertz CT molecular complexity index is 599. The molecule has 0 bridgehead atoms. The van der Waals surface area contributed by atoms with Crippen LogP contribution in [0, 0.1) is 0 Å². The van der Waals surface area contributed by atoms with Gasteiger partial charge in [0, 0.05) is 6.04 Å². The maximum Gasteiger partial charge on any atom is 0.339 e. The molecule has 0 unspecified atom stereocenters. The van der Waals surface area contributed by atoms with Gasteiger partial charge in [0.1, 0.15) is 11.3 Å². The first-order valence-corrected chi connectivity index (χ1v) is 7.93. The van der Waals surface area contributed by atoms with E-state index in [0.29, 0.717) is 13.0 Å². The molecule has 8 heteroatoms. The van der Waals surface area contributed by atoms with E-state index in [1.165, 1.54) is 19.1 Å². The van der Waals surface area contributed by atoms with Gasteiger partial charge in [-0.1, -0.05) is 6.92 Å². The molecule has 118 valence electrons. The van der Waals surface area contributed by atoms with Crippen molar-refractivity contribution < 1.29 is 28.2 Å². The number of hydrogen-bond donors (Lipinski definition) is 3. The molecule has 21 heavy (non-hydrogen) atoms. The summed E-state index contributed by atoms with van der Waals surface area (Å²) in [6, 6.07) is 2.96. The van der Waals surface area contributed by atoms with Crippen LogP contribution in [0.15, 0.2) is 23.1 Å². The fourth-order valence-corrected chi connectivity index (χ4v) is 2.81. The maximum atomic E-state index is 12.0. The van der Waals surface area contributed by atoms with Crippen LogP contribution in [-0.4, -0.2) is 43.9 Å². The first-order valence-electron chi connectivity index (χ1n) is 6.45. The number of carboxylic acids is 1. The van der Waals surface area contributed by atoms with E-state index in [0.717, 1.165) is 6.07 Å². The van der Waals surface area contributed by atoms with E-state index in [4.69, 9.17) is 14.9 Å². The lowest BCUT2D eigenvalue weighted by Gasteiger charge is -2.13. The van der Waals surface area contributed by atoms with Crippen LogP contribution < -0.4 is 9.46 Å².